The predicted octanol–water partition coefficient (Wildman–Crippen LogP) is 1.42. The molecule has 158 valence electrons. The Morgan fingerprint density at radius 3 is 2.67 bits per heavy atom. The van der Waals surface area contributed by atoms with Gasteiger partial charge in [-0.3, -0.25) is 9.59 Å². The summed E-state index contributed by atoms with van der Waals surface area (Å²) in [6.07, 6.45) is 7.00. The van der Waals surface area contributed by atoms with Crippen molar-refractivity contribution in [3.05, 3.63) is 42.2 Å². The van der Waals surface area contributed by atoms with E-state index >= 15 is 0 Å². The lowest BCUT2D eigenvalue weighted by Crippen LogP contribution is -2.51. The third-order valence-corrected chi connectivity index (χ3v) is 5.72. The predicted molar refractivity (Wildman–Crippen MR) is 111 cm³/mol. The van der Waals surface area contributed by atoms with Crippen molar-refractivity contribution in [2.45, 2.75) is 26.3 Å². The van der Waals surface area contributed by atoms with Crippen molar-refractivity contribution >= 4 is 23.1 Å². The van der Waals surface area contributed by atoms with E-state index in [1.165, 1.54) is 13.3 Å². The standard InChI is InChI=1S/C21H26N6O3/c1-15(28)20-18(26-19(29)11-23-9-16-2-5-22-14-25-16)8-17(10-24-20)27-6-3-21(4-7-27)12-30-13-21/h2,5,8,10,14,23H,3-4,6-7,9,11-13H2,1H3,(H,26,29). The molecule has 2 aliphatic heterocycles. The number of piperidine rings is 1. The Morgan fingerprint density at radius 1 is 1.23 bits per heavy atom. The van der Waals surface area contributed by atoms with Gasteiger partial charge in [-0.2, -0.15) is 0 Å². The molecular formula is C21H26N6O3. The molecule has 2 N–H and O–H groups in total. The molecule has 1 spiro atoms. The van der Waals surface area contributed by atoms with Crippen LogP contribution in [0.1, 0.15) is 35.9 Å². The van der Waals surface area contributed by atoms with E-state index in [0.29, 0.717) is 17.6 Å². The summed E-state index contributed by atoms with van der Waals surface area (Å²) < 4.78 is 5.39. The van der Waals surface area contributed by atoms with Crippen LogP contribution in [0.15, 0.2) is 30.9 Å². The zero-order valence-electron chi connectivity index (χ0n) is 17.1. The van der Waals surface area contributed by atoms with Gasteiger partial charge in [-0.05, 0) is 25.0 Å². The molecule has 2 aromatic heterocycles. The van der Waals surface area contributed by atoms with Crippen LogP contribution in [0.4, 0.5) is 11.4 Å². The Balaban J connectivity index is 1.38. The zero-order chi connectivity index (χ0) is 21.0. The van der Waals surface area contributed by atoms with Crippen molar-refractivity contribution in [1.82, 2.24) is 20.3 Å². The number of aromatic nitrogens is 3. The van der Waals surface area contributed by atoms with Gasteiger partial charge in [0.1, 0.15) is 12.0 Å². The number of amides is 1. The molecule has 0 atom stereocenters. The third kappa shape index (κ3) is 4.63. The lowest BCUT2D eigenvalue weighted by molar-refractivity contribution is -0.124. The smallest absolute Gasteiger partial charge is 0.238 e. The minimum absolute atomic E-state index is 0.0950. The highest BCUT2D eigenvalue weighted by atomic mass is 16.5. The van der Waals surface area contributed by atoms with Crippen LogP contribution < -0.4 is 15.5 Å². The van der Waals surface area contributed by atoms with Crippen LogP contribution in [-0.4, -0.2) is 59.5 Å². The Morgan fingerprint density at radius 2 is 2.03 bits per heavy atom. The molecule has 4 heterocycles. The van der Waals surface area contributed by atoms with E-state index in [9.17, 15) is 9.59 Å². The SMILES string of the molecule is CC(=O)c1ncc(N2CCC3(CC2)COC3)cc1NC(=O)CNCc1ccncn1. The van der Waals surface area contributed by atoms with Crippen LogP contribution in [0.25, 0.3) is 0 Å². The first kappa shape index (κ1) is 20.4. The highest BCUT2D eigenvalue weighted by Crippen LogP contribution is 2.39. The van der Waals surface area contributed by atoms with Gasteiger partial charge in [-0.25, -0.2) is 15.0 Å². The van der Waals surface area contributed by atoms with Crippen molar-refractivity contribution < 1.29 is 14.3 Å². The largest absolute Gasteiger partial charge is 0.380 e. The first-order chi connectivity index (χ1) is 14.5. The van der Waals surface area contributed by atoms with Gasteiger partial charge in [-0.1, -0.05) is 0 Å². The molecule has 2 saturated heterocycles. The monoisotopic (exact) mass is 410 g/mol. The second-order valence-electron chi connectivity index (χ2n) is 7.98. The van der Waals surface area contributed by atoms with E-state index in [1.54, 1.807) is 18.5 Å². The summed E-state index contributed by atoms with van der Waals surface area (Å²) in [5.41, 5.74) is 2.77. The Hall–Kier alpha value is -2.91. The second-order valence-corrected chi connectivity index (χ2v) is 7.98. The molecule has 0 aromatic carbocycles. The lowest BCUT2D eigenvalue weighted by atomic mass is 9.77. The normalized spacial score (nSPS) is 17.4. The minimum Gasteiger partial charge on any atom is -0.380 e. The summed E-state index contributed by atoms with van der Waals surface area (Å²) in [5, 5.41) is 5.87. The summed E-state index contributed by atoms with van der Waals surface area (Å²) in [6, 6.07) is 3.63. The molecule has 9 heteroatoms. The summed E-state index contributed by atoms with van der Waals surface area (Å²) in [6.45, 7) is 5.53. The molecule has 0 unspecified atom stereocenters. The molecule has 1 amide bonds. The maximum Gasteiger partial charge on any atom is 0.238 e. The average Bonchev–Trinajstić information content (AvgIpc) is 2.73. The van der Waals surface area contributed by atoms with Gasteiger partial charge >= 0.3 is 0 Å². The van der Waals surface area contributed by atoms with Gasteiger partial charge in [-0.15, -0.1) is 0 Å². The molecule has 0 radical (unpaired) electrons. The molecule has 2 fully saturated rings. The molecule has 2 aliphatic rings. The van der Waals surface area contributed by atoms with E-state index in [4.69, 9.17) is 4.74 Å². The maximum atomic E-state index is 12.4. The van der Waals surface area contributed by atoms with Gasteiger partial charge in [0, 0.05) is 38.2 Å². The Bertz CT molecular complexity index is 906. The van der Waals surface area contributed by atoms with E-state index in [1.807, 2.05) is 6.07 Å². The van der Waals surface area contributed by atoms with Gasteiger partial charge in [0.05, 0.1) is 43.0 Å². The van der Waals surface area contributed by atoms with Gasteiger partial charge in [0.15, 0.2) is 5.78 Å². The first-order valence-electron chi connectivity index (χ1n) is 10.1. The minimum atomic E-state index is -0.241. The average molecular weight is 410 g/mol. The molecule has 4 rings (SSSR count). The number of ether oxygens (including phenoxy) is 1. The summed E-state index contributed by atoms with van der Waals surface area (Å²) in [5.74, 6) is -0.426. The van der Waals surface area contributed by atoms with Crippen LogP contribution >= 0.6 is 0 Å². The molecule has 30 heavy (non-hydrogen) atoms. The van der Waals surface area contributed by atoms with Crippen LogP contribution in [-0.2, 0) is 16.1 Å². The highest BCUT2D eigenvalue weighted by Gasteiger charge is 2.41. The number of Topliss-reactive ketones (excluding diaryl/α,β-unsaturated/α-hetero) is 1. The van der Waals surface area contributed by atoms with Crippen LogP contribution in [0.5, 0.6) is 0 Å². The summed E-state index contributed by atoms with van der Waals surface area (Å²) in [4.78, 5) is 39.0. The van der Waals surface area contributed by atoms with E-state index in [-0.39, 0.29) is 23.9 Å². The van der Waals surface area contributed by atoms with Crippen molar-refractivity contribution in [1.29, 1.82) is 0 Å². The fourth-order valence-corrected chi connectivity index (χ4v) is 3.84. The van der Waals surface area contributed by atoms with E-state index in [2.05, 4.69) is 30.5 Å². The number of rotatable bonds is 7. The van der Waals surface area contributed by atoms with Gasteiger partial charge in [0.2, 0.25) is 5.91 Å². The fraction of sp³-hybridized carbons (Fsp3) is 0.476. The van der Waals surface area contributed by atoms with Crippen molar-refractivity contribution in [2.24, 2.45) is 5.41 Å². The van der Waals surface area contributed by atoms with Gasteiger partial charge < -0.3 is 20.3 Å². The van der Waals surface area contributed by atoms with Crippen LogP contribution in [0.3, 0.4) is 0 Å². The number of hydrogen-bond donors (Lipinski definition) is 2. The number of pyridine rings is 1. The molecule has 2 aromatic rings. The molecule has 0 saturated carbocycles. The number of nitrogens with zero attached hydrogens (tertiary/aromatic N) is 4. The number of anilines is 2. The Kier molecular flexibility index (Phi) is 6.01. The first-order valence-corrected chi connectivity index (χ1v) is 10.1. The topological polar surface area (TPSA) is 109 Å². The Labute approximate surface area is 175 Å². The number of ketones is 1. The number of carbonyl (C=O) groups excluding carboxylic acids is 2. The second kappa shape index (κ2) is 8.85. The number of carbonyl (C=O) groups is 2. The lowest BCUT2D eigenvalue weighted by Gasteiger charge is -2.47. The highest BCUT2D eigenvalue weighted by molar-refractivity contribution is 6.03. The van der Waals surface area contributed by atoms with Gasteiger partial charge in [0.25, 0.3) is 0 Å². The maximum absolute atomic E-state index is 12.4. The van der Waals surface area contributed by atoms with Crippen molar-refractivity contribution in [2.75, 3.05) is 43.1 Å². The molecule has 0 bridgehead atoms. The molecule has 0 aliphatic carbocycles. The fourth-order valence-electron chi connectivity index (χ4n) is 3.84. The van der Waals surface area contributed by atoms with Crippen LogP contribution in [0.2, 0.25) is 0 Å². The molecular weight excluding hydrogens is 384 g/mol. The zero-order valence-corrected chi connectivity index (χ0v) is 17.1. The molecule has 9 nitrogen and oxygen atoms in total. The number of hydrogen-bond acceptors (Lipinski definition) is 8. The van der Waals surface area contributed by atoms with Crippen LogP contribution in [0, 0.1) is 5.41 Å². The number of nitrogens with one attached hydrogen (secondary N) is 2. The summed E-state index contributed by atoms with van der Waals surface area (Å²) >= 11 is 0. The van der Waals surface area contributed by atoms with E-state index in [0.717, 1.165) is 50.5 Å². The van der Waals surface area contributed by atoms with E-state index < -0.39 is 0 Å². The quantitative estimate of drug-likeness (QED) is 0.660. The third-order valence-electron chi connectivity index (χ3n) is 5.72. The van der Waals surface area contributed by atoms with Crippen molar-refractivity contribution in [3.63, 3.8) is 0 Å². The van der Waals surface area contributed by atoms with Crippen molar-refractivity contribution in [3.8, 4) is 0 Å². The summed E-state index contributed by atoms with van der Waals surface area (Å²) in [7, 11) is 0.